The molecule has 0 aliphatic carbocycles. The van der Waals surface area contributed by atoms with Gasteiger partial charge in [0.1, 0.15) is 16.3 Å². The summed E-state index contributed by atoms with van der Waals surface area (Å²) in [5.41, 5.74) is 13.2. The molecule has 5 N–H and O–H groups in total. The zero-order chi connectivity index (χ0) is 15.6. The minimum Gasteiger partial charge on any atom is -0.399 e. The summed E-state index contributed by atoms with van der Waals surface area (Å²) in [6.45, 7) is 1.70. The van der Waals surface area contributed by atoms with Crippen LogP contribution in [0.3, 0.4) is 0 Å². The van der Waals surface area contributed by atoms with Crippen LogP contribution in [-0.4, -0.2) is 13.0 Å². The molecule has 7 nitrogen and oxygen atoms in total. The Kier molecular flexibility index (Phi) is 3.92. The van der Waals surface area contributed by atoms with Gasteiger partial charge in [-0.15, -0.1) is 10.2 Å². The lowest BCUT2D eigenvalue weighted by atomic mass is 10.2. The molecule has 0 aliphatic rings. The van der Waals surface area contributed by atoms with Gasteiger partial charge in [-0.2, -0.15) is 8.42 Å². The third-order valence-electron chi connectivity index (χ3n) is 2.71. The quantitative estimate of drug-likeness (QED) is 0.456. The third kappa shape index (κ3) is 3.56. The highest BCUT2D eigenvalue weighted by Crippen LogP contribution is 2.30. The Balaban J connectivity index is 2.46. The molecule has 0 saturated carbocycles. The highest BCUT2D eigenvalue weighted by Gasteiger charge is 2.15. The molecule has 0 atom stereocenters. The van der Waals surface area contributed by atoms with Gasteiger partial charge in [0.2, 0.25) is 0 Å². The minimum atomic E-state index is -4.38. The molecule has 0 aliphatic heterocycles. The summed E-state index contributed by atoms with van der Waals surface area (Å²) in [4.78, 5) is -0.305. The van der Waals surface area contributed by atoms with Crippen LogP contribution in [0.4, 0.5) is 22.7 Å². The van der Waals surface area contributed by atoms with Crippen molar-refractivity contribution in [2.75, 3.05) is 11.5 Å². The van der Waals surface area contributed by atoms with E-state index in [2.05, 4.69) is 10.2 Å². The van der Waals surface area contributed by atoms with Gasteiger partial charge in [0, 0.05) is 5.69 Å². The van der Waals surface area contributed by atoms with Gasteiger partial charge in [0.25, 0.3) is 10.1 Å². The van der Waals surface area contributed by atoms with Crippen LogP contribution in [-0.2, 0) is 10.1 Å². The molecule has 0 amide bonds. The smallest absolute Gasteiger partial charge is 0.296 e. The molecular weight excluding hydrogens is 292 g/mol. The maximum Gasteiger partial charge on any atom is 0.296 e. The molecular formula is C13H14N4O3S. The van der Waals surface area contributed by atoms with Crippen molar-refractivity contribution in [3.8, 4) is 0 Å². The monoisotopic (exact) mass is 306 g/mol. The van der Waals surface area contributed by atoms with Crippen LogP contribution in [0.15, 0.2) is 51.5 Å². The van der Waals surface area contributed by atoms with Crippen molar-refractivity contribution < 1.29 is 13.0 Å². The summed E-state index contributed by atoms with van der Waals surface area (Å²) in [5.74, 6) is 0. The number of anilines is 2. The average molecular weight is 306 g/mol. The Morgan fingerprint density at radius 2 is 1.62 bits per heavy atom. The number of nitrogen functional groups attached to an aromatic ring is 2. The Morgan fingerprint density at radius 1 is 1.00 bits per heavy atom. The summed E-state index contributed by atoms with van der Waals surface area (Å²) >= 11 is 0. The highest BCUT2D eigenvalue weighted by molar-refractivity contribution is 7.86. The van der Waals surface area contributed by atoms with Crippen LogP contribution in [0.5, 0.6) is 0 Å². The maximum absolute atomic E-state index is 11.3. The predicted molar refractivity (Wildman–Crippen MR) is 80.4 cm³/mol. The van der Waals surface area contributed by atoms with E-state index in [0.717, 1.165) is 0 Å². The standard InChI is InChI=1S/C13H14N4O3S/c1-8-2-4-12(13(6-8)21(18,19)20)17-16-11-5-3-9(14)7-10(11)15/h2-7H,14-15H2,1H3,(H,18,19,20). The van der Waals surface area contributed by atoms with Crippen LogP contribution in [0, 0.1) is 6.92 Å². The first-order chi connectivity index (χ1) is 9.77. The number of nitrogens with two attached hydrogens (primary N) is 2. The first-order valence-electron chi connectivity index (χ1n) is 5.92. The molecule has 2 aromatic carbocycles. The van der Waals surface area contributed by atoms with E-state index in [9.17, 15) is 13.0 Å². The number of nitrogens with zero attached hydrogens (tertiary/aromatic N) is 2. The Bertz CT molecular complexity index is 816. The fraction of sp³-hybridized carbons (Fsp3) is 0.0769. The molecule has 0 unspecified atom stereocenters. The molecule has 0 fully saturated rings. The van der Waals surface area contributed by atoms with Crippen molar-refractivity contribution in [1.82, 2.24) is 0 Å². The lowest BCUT2D eigenvalue weighted by Gasteiger charge is -2.04. The number of aryl methyl sites for hydroxylation is 1. The van der Waals surface area contributed by atoms with Crippen molar-refractivity contribution in [3.05, 3.63) is 42.0 Å². The second kappa shape index (κ2) is 5.51. The van der Waals surface area contributed by atoms with E-state index in [1.165, 1.54) is 18.2 Å². The Morgan fingerprint density at radius 3 is 2.24 bits per heavy atom. The molecule has 2 aromatic rings. The highest BCUT2D eigenvalue weighted by atomic mass is 32.2. The van der Waals surface area contributed by atoms with Gasteiger partial charge in [-0.1, -0.05) is 6.07 Å². The fourth-order valence-electron chi connectivity index (χ4n) is 1.68. The van der Waals surface area contributed by atoms with Crippen LogP contribution in [0.1, 0.15) is 5.56 Å². The van der Waals surface area contributed by atoms with Gasteiger partial charge in [0.15, 0.2) is 0 Å². The SMILES string of the molecule is Cc1ccc(N=Nc2ccc(N)cc2N)c(S(=O)(=O)O)c1. The first kappa shape index (κ1) is 14.9. The van der Waals surface area contributed by atoms with E-state index in [1.807, 2.05) is 0 Å². The van der Waals surface area contributed by atoms with E-state index >= 15 is 0 Å². The molecule has 0 saturated heterocycles. The molecule has 8 heteroatoms. The lowest BCUT2D eigenvalue weighted by molar-refractivity contribution is 0.483. The topological polar surface area (TPSA) is 131 Å². The van der Waals surface area contributed by atoms with Gasteiger partial charge in [-0.25, -0.2) is 0 Å². The Labute approximate surface area is 122 Å². The lowest BCUT2D eigenvalue weighted by Crippen LogP contribution is -1.98. The van der Waals surface area contributed by atoms with Gasteiger partial charge in [0.05, 0.1) is 5.69 Å². The molecule has 110 valence electrons. The molecule has 0 aromatic heterocycles. The normalized spacial score (nSPS) is 11.9. The van der Waals surface area contributed by atoms with Gasteiger partial charge >= 0.3 is 0 Å². The van der Waals surface area contributed by atoms with E-state index in [4.69, 9.17) is 11.5 Å². The summed E-state index contributed by atoms with van der Waals surface area (Å²) in [5, 5.41) is 7.73. The van der Waals surface area contributed by atoms with Crippen LogP contribution in [0.2, 0.25) is 0 Å². The molecule has 0 bridgehead atoms. The zero-order valence-corrected chi connectivity index (χ0v) is 12.0. The third-order valence-corrected chi connectivity index (χ3v) is 3.59. The van der Waals surface area contributed by atoms with Gasteiger partial charge in [-0.05, 0) is 42.8 Å². The van der Waals surface area contributed by atoms with Crippen molar-refractivity contribution in [2.45, 2.75) is 11.8 Å². The second-order valence-corrected chi connectivity index (χ2v) is 5.85. The molecule has 2 rings (SSSR count). The summed E-state index contributed by atoms with van der Waals surface area (Å²) in [6.07, 6.45) is 0. The van der Waals surface area contributed by atoms with Crippen molar-refractivity contribution in [2.24, 2.45) is 10.2 Å². The minimum absolute atomic E-state index is 0.0272. The summed E-state index contributed by atoms with van der Waals surface area (Å²) < 4.78 is 31.9. The number of azo groups is 1. The first-order valence-corrected chi connectivity index (χ1v) is 7.36. The number of rotatable bonds is 3. The Hall–Kier alpha value is -2.45. The van der Waals surface area contributed by atoms with Crippen molar-refractivity contribution in [3.63, 3.8) is 0 Å². The van der Waals surface area contributed by atoms with Crippen LogP contribution in [0.25, 0.3) is 0 Å². The van der Waals surface area contributed by atoms with E-state index < -0.39 is 10.1 Å². The van der Waals surface area contributed by atoms with Gasteiger partial charge in [-0.3, -0.25) is 4.55 Å². The summed E-state index contributed by atoms with van der Waals surface area (Å²) in [7, 11) is -4.38. The van der Waals surface area contributed by atoms with E-state index in [1.54, 1.807) is 25.1 Å². The predicted octanol–water partition coefficient (Wildman–Crippen LogP) is 2.82. The average Bonchev–Trinajstić information content (AvgIpc) is 2.38. The second-order valence-electron chi connectivity index (χ2n) is 4.46. The molecule has 0 heterocycles. The molecule has 21 heavy (non-hydrogen) atoms. The number of hydrogen-bond acceptors (Lipinski definition) is 6. The maximum atomic E-state index is 11.3. The number of benzene rings is 2. The van der Waals surface area contributed by atoms with Crippen LogP contribution >= 0.6 is 0 Å². The van der Waals surface area contributed by atoms with Gasteiger partial charge < -0.3 is 11.5 Å². The fourth-order valence-corrected chi connectivity index (χ4v) is 2.39. The number of hydrogen-bond donors (Lipinski definition) is 3. The zero-order valence-electron chi connectivity index (χ0n) is 11.2. The van der Waals surface area contributed by atoms with Crippen molar-refractivity contribution >= 4 is 32.9 Å². The van der Waals surface area contributed by atoms with E-state index in [-0.39, 0.29) is 10.6 Å². The van der Waals surface area contributed by atoms with E-state index in [0.29, 0.717) is 22.6 Å². The van der Waals surface area contributed by atoms with Crippen LogP contribution < -0.4 is 11.5 Å². The largest absolute Gasteiger partial charge is 0.399 e. The van der Waals surface area contributed by atoms with Crippen molar-refractivity contribution in [1.29, 1.82) is 0 Å². The molecule has 0 spiro atoms. The molecule has 0 radical (unpaired) electrons. The summed E-state index contributed by atoms with van der Waals surface area (Å²) in [6, 6.07) is 9.12.